The number of carbonyl (C=O) groups is 1. The molecule has 4 rings (SSSR count). The SMILES string of the molecule is COc1cc(OC)c(F)c(N2Cc3cnc4[nH]ncc4c3N(/C(C=N)=C/NCC(C)(C)O)C2=O)c1F. The van der Waals surface area contributed by atoms with Gasteiger partial charge in [-0.2, -0.15) is 5.10 Å². The van der Waals surface area contributed by atoms with E-state index in [-0.39, 0.29) is 30.3 Å². The fourth-order valence-corrected chi connectivity index (χ4v) is 3.86. The average Bonchev–Trinajstić information content (AvgIpc) is 3.31. The first-order valence-electron chi connectivity index (χ1n) is 10.8. The molecular formula is C23H25F2N7O4. The number of hydrogen-bond donors (Lipinski definition) is 4. The van der Waals surface area contributed by atoms with Gasteiger partial charge >= 0.3 is 6.03 Å². The van der Waals surface area contributed by atoms with E-state index in [0.717, 1.165) is 22.1 Å². The van der Waals surface area contributed by atoms with Gasteiger partial charge in [0.05, 0.1) is 49.3 Å². The molecule has 0 aliphatic carbocycles. The molecule has 190 valence electrons. The number of aromatic nitrogens is 3. The molecule has 0 saturated carbocycles. The monoisotopic (exact) mass is 501 g/mol. The number of benzene rings is 1. The molecule has 0 spiro atoms. The van der Waals surface area contributed by atoms with Gasteiger partial charge in [0, 0.05) is 36.8 Å². The van der Waals surface area contributed by atoms with Crippen molar-refractivity contribution in [1.29, 1.82) is 5.41 Å². The second kappa shape index (κ2) is 9.41. The standard InChI is InChI=1S/C23H25F2N7O4/c1-23(2,34)11-27-8-13(6-26)32-19-12(7-28-21-14(19)9-29-30-21)10-31(22(32)33)20-17(24)15(35-3)5-16(36-4)18(20)25/h5-9,26-27,34H,10-11H2,1-4H3,(H,28,29,30)/b13-8+,26-6?. The number of pyridine rings is 1. The number of methoxy groups -OCH3 is 2. The highest BCUT2D eigenvalue weighted by atomic mass is 19.1. The molecule has 0 radical (unpaired) electrons. The van der Waals surface area contributed by atoms with E-state index in [1.54, 1.807) is 13.8 Å². The van der Waals surface area contributed by atoms with Crippen molar-refractivity contribution in [3.63, 3.8) is 0 Å². The summed E-state index contributed by atoms with van der Waals surface area (Å²) >= 11 is 0. The first-order chi connectivity index (χ1) is 17.1. The minimum absolute atomic E-state index is 0.0413. The van der Waals surface area contributed by atoms with Crippen molar-refractivity contribution >= 4 is 34.7 Å². The van der Waals surface area contributed by atoms with Crippen LogP contribution in [0.4, 0.5) is 25.0 Å². The van der Waals surface area contributed by atoms with Gasteiger partial charge in [0.2, 0.25) is 0 Å². The van der Waals surface area contributed by atoms with Crippen LogP contribution in [0.25, 0.3) is 11.0 Å². The summed E-state index contributed by atoms with van der Waals surface area (Å²) in [7, 11) is 2.42. The zero-order valence-corrected chi connectivity index (χ0v) is 20.0. The Morgan fingerprint density at radius 2 is 1.92 bits per heavy atom. The second-order valence-corrected chi connectivity index (χ2v) is 8.63. The third kappa shape index (κ3) is 4.28. The van der Waals surface area contributed by atoms with Gasteiger partial charge < -0.3 is 25.3 Å². The van der Waals surface area contributed by atoms with E-state index in [0.29, 0.717) is 22.3 Å². The number of carbonyl (C=O) groups excluding carboxylic acids is 1. The lowest BCUT2D eigenvalue weighted by atomic mass is 10.1. The van der Waals surface area contributed by atoms with Gasteiger partial charge in [-0.25, -0.2) is 18.6 Å². The summed E-state index contributed by atoms with van der Waals surface area (Å²) in [5.74, 6) is -2.81. The van der Waals surface area contributed by atoms with E-state index < -0.39 is 29.0 Å². The second-order valence-electron chi connectivity index (χ2n) is 8.63. The highest BCUT2D eigenvalue weighted by molar-refractivity contribution is 6.16. The largest absolute Gasteiger partial charge is 0.493 e. The van der Waals surface area contributed by atoms with Gasteiger partial charge in [-0.3, -0.25) is 14.9 Å². The fourth-order valence-electron chi connectivity index (χ4n) is 3.86. The van der Waals surface area contributed by atoms with Crippen molar-refractivity contribution in [2.45, 2.75) is 26.0 Å². The number of aromatic amines is 1. The van der Waals surface area contributed by atoms with Crippen molar-refractivity contribution in [1.82, 2.24) is 20.5 Å². The Labute approximate surface area is 204 Å². The molecule has 2 amide bonds. The molecule has 0 unspecified atom stereocenters. The van der Waals surface area contributed by atoms with Crippen LogP contribution in [0.15, 0.2) is 30.4 Å². The number of fused-ring (bicyclic) bond motifs is 3. The van der Waals surface area contributed by atoms with E-state index in [9.17, 15) is 9.90 Å². The molecule has 3 aromatic rings. The first-order valence-corrected chi connectivity index (χ1v) is 10.8. The van der Waals surface area contributed by atoms with Crippen LogP contribution in [0.5, 0.6) is 11.5 Å². The minimum atomic E-state index is -1.09. The number of H-pyrrole nitrogens is 1. The molecule has 13 heteroatoms. The summed E-state index contributed by atoms with van der Waals surface area (Å²) in [4.78, 5) is 20.2. The van der Waals surface area contributed by atoms with Crippen LogP contribution in [-0.4, -0.2) is 58.9 Å². The van der Waals surface area contributed by atoms with Crippen LogP contribution in [0.3, 0.4) is 0 Å². The molecule has 0 saturated heterocycles. The normalized spacial score (nSPS) is 14.2. The Balaban J connectivity index is 1.92. The number of hydrogen-bond acceptors (Lipinski definition) is 8. The summed E-state index contributed by atoms with van der Waals surface area (Å²) in [6.07, 6.45) is 5.20. The molecule has 4 N–H and O–H groups in total. The Bertz CT molecular complexity index is 1340. The number of amides is 2. The van der Waals surface area contributed by atoms with Gasteiger partial charge in [-0.05, 0) is 13.8 Å². The zero-order chi connectivity index (χ0) is 26.2. The number of urea groups is 1. The lowest BCUT2D eigenvalue weighted by molar-refractivity contribution is 0.0835. The highest BCUT2D eigenvalue weighted by Crippen LogP contribution is 2.43. The predicted octanol–water partition coefficient (Wildman–Crippen LogP) is 3.05. The Morgan fingerprint density at radius 3 is 2.50 bits per heavy atom. The van der Waals surface area contributed by atoms with Gasteiger partial charge in [0.25, 0.3) is 0 Å². The molecule has 11 nitrogen and oxygen atoms in total. The van der Waals surface area contributed by atoms with Crippen molar-refractivity contribution < 1.29 is 28.2 Å². The Hall–Kier alpha value is -4.26. The smallest absolute Gasteiger partial charge is 0.334 e. The van der Waals surface area contributed by atoms with Crippen molar-refractivity contribution in [2.75, 3.05) is 30.6 Å². The molecule has 1 aliphatic heterocycles. The Morgan fingerprint density at radius 1 is 1.25 bits per heavy atom. The summed E-state index contributed by atoms with van der Waals surface area (Å²) < 4.78 is 40.8. The van der Waals surface area contributed by atoms with Crippen LogP contribution in [0, 0.1) is 17.0 Å². The topological polar surface area (TPSA) is 140 Å². The van der Waals surface area contributed by atoms with Crippen molar-refractivity contribution in [2.24, 2.45) is 0 Å². The van der Waals surface area contributed by atoms with Crippen LogP contribution in [0.2, 0.25) is 0 Å². The van der Waals surface area contributed by atoms with Crippen molar-refractivity contribution in [3.05, 3.63) is 47.6 Å². The van der Waals surface area contributed by atoms with E-state index in [1.165, 1.54) is 32.8 Å². The average molecular weight is 501 g/mol. The van der Waals surface area contributed by atoms with Crippen molar-refractivity contribution in [3.8, 4) is 11.5 Å². The highest BCUT2D eigenvalue weighted by Gasteiger charge is 2.39. The lowest BCUT2D eigenvalue weighted by Gasteiger charge is -2.37. The maximum absolute atomic E-state index is 15.4. The third-order valence-corrected chi connectivity index (χ3v) is 5.51. The molecule has 2 aromatic heterocycles. The van der Waals surface area contributed by atoms with E-state index in [4.69, 9.17) is 14.9 Å². The molecule has 0 atom stereocenters. The lowest BCUT2D eigenvalue weighted by Crippen LogP contribution is -2.48. The van der Waals surface area contributed by atoms with Gasteiger partial charge in [-0.15, -0.1) is 0 Å². The number of nitrogens with one attached hydrogen (secondary N) is 3. The number of rotatable bonds is 8. The van der Waals surface area contributed by atoms with E-state index in [2.05, 4.69) is 20.5 Å². The van der Waals surface area contributed by atoms with Crippen LogP contribution < -0.4 is 24.6 Å². The molecule has 36 heavy (non-hydrogen) atoms. The number of anilines is 2. The first kappa shape index (κ1) is 24.9. The molecule has 1 aromatic carbocycles. The van der Waals surface area contributed by atoms with Crippen LogP contribution in [-0.2, 0) is 6.54 Å². The minimum Gasteiger partial charge on any atom is -0.493 e. The third-order valence-electron chi connectivity index (χ3n) is 5.51. The van der Waals surface area contributed by atoms with E-state index >= 15 is 8.78 Å². The van der Waals surface area contributed by atoms with Gasteiger partial charge in [-0.1, -0.05) is 0 Å². The summed E-state index contributed by atoms with van der Waals surface area (Å²) in [6, 6.07) is 0.207. The number of nitrogens with zero attached hydrogens (tertiary/aromatic N) is 4. The molecular weight excluding hydrogens is 476 g/mol. The number of halogens is 2. The number of allylic oxidation sites excluding steroid dienone is 1. The van der Waals surface area contributed by atoms with Crippen LogP contribution >= 0.6 is 0 Å². The maximum Gasteiger partial charge on any atom is 0.334 e. The van der Waals surface area contributed by atoms with E-state index in [1.807, 2.05) is 0 Å². The predicted molar refractivity (Wildman–Crippen MR) is 129 cm³/mol. The summed E-state index contributed by atoms with van der Waals surface area (Å²) in [6.45, 7) is 3.05. The molecule has 0 fully saturated rings. The molecule has 1 aliphatic rings. The van der Waals surface area contributed by atoms with Gasteiger partial charge in [0.15, 0.2) is 28.8 Å². The molecule has 3 heterocycles. The zero-order valence-electron chi connectivity index (χ0n) is 20.0. The number of ether oxygens (including phenoxy) is 2. The maximum atomic E-state index is 15.4. The fraction of sp³-hybridized carbons (Fsp3) is 0.304. The van der Waals surface area contributed by atoms with Gasteiger partial charge in [0.1, 0.15) is 5.69 Å². The molecule has 0 bridgehead atoms. The summed E-state index contributed by atoms with van der Waals surface area (Å²) in [5.41, 5.74) is -0.531. The van der Waals surface area contributed by atoms with Crippen LogP contribution in [0.1, 0.15) is 19.4 Å². The Kier molecular flexibility index (Phi) is 6.50. The quantitative estimate of drug-likeness (QED) is 0.348. The number of aliphatic hydroxyl groups is 1. The summed E-state index contributed by atoms with van der Waals surface area (Å²) in [5, 5.41) is 28.1.